The van der Waals surface area contributed by atoms with Crippen molar-refractivity contribution >= 4 is 12.0 Å². The molecular formula is C25H25NO3. The minimum absolute atomic E-state index is 0.0279. The lowest BCUT2D eigenvalue weighted by Crippen LogP contribution is -2.15. The van der Waals surface area contributed by atoms with Gasteiger partial charge in [0.05, 0.1) is 18.7 Å². The topological polar surface area (TPSA) is 52.3 Å². The van der Waals surface area contributed by atoms with Gasteiger partial charge in [-0.2, -0.15) is 0 Å². The molecule has 29 heavy (non-hydrogen) atoms. The van der Waals surface area contributed by atoms with Gasteiger partial charge < -0.3 is 9.26 Å². The molecular weight excluding hydrogens is 362 g/mol. The number of benzene rings is 2. The number of nitrogens with zero attached hydrogens (tertiary/aromatic N) is 1. The highest BCUT2D eigenvalue weighted by molar-refractivity contribution is 5.75. The first-order valence-corrected chi connectivity index (χ1v) is 10.0. The van der Waals surface area contributed by atoms with Gasteiger partial charge in [-0.05, 0) is 43.4 Å². The zero-order valence-electron chi connectivity index (χ0n) is 16.9. The van der Waals surface area contributed by atoms with Crippen molar-refractivity contribution in [2.45, 2.75) is 38.5 Å². The molecule has 0 bridgehead atoms. The summed E-state index contributed by atoms with van der Waals surface area (Å²) in [5.41, 5.74) is 6.22. The lowest BCUT2D eigenvalue weighted by atomic mass is 9.90. The molecule has 4 rings (SSSR count). The van der Waals surface area contributed by atoms with Crippen LogP contribution >= 0.6 is 0 Å². The average Bonchev–Trinajstić information content (AvgIpc) is 3.42. The van der Waals surface area contributed by atoms with E-state index in [9.17, 15) is 4.79 Å². The van der Waals surface area contributed by atoms with Gasteiger partial charge in [-0.15, -0.1) is 0 Å². The molecule has 1 saturated carbocycles. The normalized spacial score (nSPS) is 14.4. The molecule has 1 aromatic heterocycles. The predicted octanol–water partition coefficient (Wildman–Crippen LogP) is 5.94. The molecule has 4 nitrogen and oxygen atoms in total. The van der Waals surface area contributed by atoms with Crippen LogP contribution in [-0.4, -0.2) is 17.7 Å². The second-order valence-electron chi connectivity index (χ2n) is 7.63. The van der Waals surface area contributed by atoms with E-state index in [0.717, 1.165) is 46.5 Å². The van der Waals surface area contributed by atoms with Crippen molar-refractivity contribution in [2.24, 2.45) is 0 Å². The monoisotopic (exact) mass is 387 g/mol. The number of carbonyl (C=O) groups excluding carboxylic acids is 1. The summed E-state index contributed by atoms with van der Waals surface area (Å²) in [6.07, 6.45) is 4.33. The van der Waals surface area contributed by atoms with Crippen molar-refractivity contribution in [3.8, 4) is 22.5 Å². The van der Waals surface area contributed by atoms with Crippen LogP contribution in [-0.2, 0) is 14.9 Å². The molecule has 1 fully saturated rings. The summed E-state index contributed by atoms with van der Waals surface area (Å²) >= 11 is 0. The van der Waals surface area contributed by atoms with E-state index in [1.807, 2.05) is 26.0 Å². The van der Waals surface area contributed by atoms with Gasteiger partial charge in [0.2, 0.25) is 0 Å². The van der Waals surface area contributed by atoms with E-state index < -0.39 is 0 Å². The molecule has 148 valence electrons. The molecule has 4 heteroatoms. The van der Waals surface area contributed by atoms with E-state index in [-0.39, 0.29) is 11.4 Å². The summed E-state index contributed by atoms with van der Waals surface area (Å²) in [5.74, 6) is 0.639. The molecule has 0 atom stereocenters. The third-order valence-corrected chi connectivity index (χ3v) is 5.73. The summed E-state index contributed by atoms with van der Waals surface area (Å²) in [7, 11) is 0. The number of carbonyl (C=O) groups is 1. The molecule has 1 heterocycles. The van der Waals surface area contributed by atoms with Gasteiger partial charge in [-0.25, -0.2) is 0 Å². The number of hydrogen-bond donors (Lipinski definition) is 0. The minimum atomic E-state index is -0.105. The molecule has 0 radical (unpaired) electrons. The van der Waals surface area contributed by atoms with E-state index in [1.54, 1.807) is 6.08 Å². The molecule has 0 spiro atoms. The maximum absolute atomic E-state index is 11.9. The lowest BCUT2D eigenvalue weighted by molar-refractivity contribution is -0.143. The molecule has 1 aliphatic carbocycles. The zero-order chi connectivity index (χ0) is 20.4. The van der Waals surface area contributed by atoms with Crippen LogP contribution in [0.5, 0.6) is 0 Å². The van der Waals surface area contributed by atoms with E-state index in [0.29, 0.717) is 13.0 Å². The van der Waals surface area contributed by atoms with Gasteiger partial charge in [-0.3, -0.25) is 4.79 Å². The Balaban J connectivity index is 1.52. The molecule has 0 saturated heterocycles. The van der Waals surface area contributed by atoms with Crippen LogP contribution in [0.3, 0.4) is 0 Å². The number of aromatic nitrogens is 1. The Labute approximate surface area is 171 Å². The van der Waals surface area contributed by atoms with Crippen LogP contribution in [0, 0.1) is 6.92 Å². The summed E-state index contributed by atoms with van der Waals surface area (Å²) in [5, 5.41) is 4.04. The van der Waals surface area contributed by atoms with E-state index >= 15 is 0 Å². The van der Waals surface area contributed by atoms with Crippen LogP contribution in [0.25, 0.3) is 28.5 Å². The maximum atomic E-state index is 11.9. The van der Waals surface area contributed by atoms with Gasteiger partial charge in [-0.1, -0.05) is 66.3 Å². The Bertz CT molecular complexity index is 1020. The van der Waals surface area contributed by atoms with E-state index in [1.165, 1.54) is 5.56 Å². The van der Waals surface area contributed by atoms with Gasteiger partial charge in [0.15, 0.2) is 5.76 Å². The number of hydrogen-bond acceptors (Lipinski definition) is 4. The van der Waals surface area contributed by atoms with Crippen molar-refractivity contribution in [3.63, 3.8) is 0 Å². The molecule has 0 N–H and O–H groups in total. The third kappa shape index (κ3) is 3.75. The van der Waals surface area contributed by atoms with Crippen LogP contribution in [0.2, 0.25) is 0 Å². The SMILES string of the molecule is C=Cc1c(C)noc1-c1ccc(-c2ccc(C3(CC(=O)OCC)CC3)cc2)cc1. The Kier molecular flexibility index (Phi) is 5.10. The number of ether oxygens (including phenoxy) is 1. The first kappa shape index (κ1) is 19.2. The molecule has 1 aliphatic rings. The first-order valence-electron chi connectivity index (χ1n) is 10.0. The average molecular weight is 387 g/mol. The quantitative estimate of drug-likeness (QED) is 0.470. The highest BCUT2D eigenvalue weighted by atomic mass is 16.5. The summed E-state index contributed by atoms with van der Waals surface area (Å²) in [6.45, 7) is 8.04. The highest BCUT2D eigenvalue weighted by Crippen LogP contribution is 2.51. The lowest BCUT2D eigenvalue weighted by Gasteiger charge is -2.15. The number of esters is 1. The maximum Gasteiger partial charge on any atom is 0.306 e. The molecule has 3 aromatic rings. The minimum Gasteiger partial charge on any atom is -0.466 e. The Morgan fingerprint density at radius 3 is 2.24 bits per heavy atom. The number of aryl methyl sites for hydroxylation is 1. The Morgan fingerprint density at radius 1 is 1.10 bits per heavy atom. The summed E-state index contributed by atoms with van der Waals surface area (Å²) < 4.78 is 10.6. The van der Waals surface area contributed by atoms with Crippen molar-refractivity contribution < 1.29 is 14.1 Å². The van der Waals surface area contributed by atoms with Gasteiger partial charge >= 0.3 is 5.97 Å². The fraction of sp³-hybridized carbons (Fsp3) is 0.280. The van der Waals surface area contributed by atoms with Crippen molar-refractivity contribution in [1.82, 2.24) is 5.16 Å². The molecule has 0 amide bonds. The molecule has 0 unspecified atom stereocenters. The van der Waals surface area contributed by atoms with Crippen LogP contribution in [0.4, 0.5) is 0 Å². The summed E-state index contributed by atoms with van der Waals surface area (Å²) in [6, 6.07) is 16.8. The van der Waals surface area contributed by atoms with E-state index in [4.69, 9.17) is 9.26 Å². The van der Waals surface area contributed by atoms with Gasteiger partial charge in [0.25, 0.3) is 0 Å². The predicted molar refractivity (Wildman–Crippen MR) is 114 cm³/mol. The summed E-state index contributed by atoms with van der Waals surface area (Å²) in [4.78, 5) is 11.9. The molecule has 0 aliphatic heterocycles. The fourth-order valence-electron chi connectivity index (χ4n) is 3.86. The third-order valence-electron chi connectivity index (χ3n) is 5.73. The van der Waals surface area contributed by atoms with Crippen molar-refractivity contribution in [2.75, 3.05) is 6.61 Å². The fourth-order valence-corrected chi connectivity index (χ4v) is 3.86. The Hall–Kier alpha value is -3.14. The first-order chi connectivity index (χ1) is 14.1. The Morgan fingerprint density at radius 2 is 1.69 bits per heavy atom. The van der Waals surface area contributed by atoms with Crippen LogP contribution in [0.15, 0.2) is 59.6 Å². The zero-order valence-corrected chi connectivity index (χ0v) is 16.9. The standard InChI is InChI=1S/C25H25NO3/c1-4-22-17(3)26-29-24(22)20-8-6-18(7-9-20)19-10-12-21(13-11-19)25(14-15-25)16-23(27)28-5-2/h4,6-13H,1,5,14-16H2,2-3H3. The number of rotatable bonds is 7. The smallest absolute Gasteiger partial charge is 0.306 e. The largest absolute Gasteiger partial charge is 0.466 e. The van der Waals surface area contributed by atoms with E-state index in [2.05, 4.69) is 48.1 Å². The van der Waals surface area contributed by atoms with Crippen LogP contribution in [0.1, 0.15) is 43.0 Å². The second kappa shape index (κ2) is 7.70. The van der Waals surface area contributed by atoms with Gasteiger partial charge in [0, 0.05) is 16.5 Å². The molecule has 2 aromatic carbocycles. The highest BCUT2D eigenvalue weighted by Gasteiger charge is 2.46. The van der Waals surface area contributed by atoms with Crippen molar-refractivity contribution in [3.05, 3.63) is 71.9 Å². The van der Waals surface area contributed by atoms with Crippen LogP contribution < -0.4 is 0 Å². The second-order valence-corrected chi connectivity index (χ2v) is 7.63. The van der Waals surface area contributed by atoms with Crippen molar-refractivity contribution in [1.29, 1.82) is 0 Å². The van der Waals surface area contributed by atoms with Gasteiger partial charge in [0.1, 0.15) is 0 Å².